The van der Waals surface area contributed by atoms with Gasteiger partial charge in [-0.15, -0.1) is 21.5 Å². The number of hydrogen-bond donors (Lipinski definition) is 2. The fourth-order valence-electron chi connectivity index (χ4n) is 6.07. The van der Waals surface area contributed by atoms with Crippen LogP contribution in [0.5, 0.6) is 5.75 Å². The van der Waals surface area contributed by atoms with Crippen molar-refractivity contribution < 1.29 is 18.3 Å². The van der Waals surface area contributed by atoms with Crippen LogP contribution in [0.4, 0.5) is 10.2 Å². The van der Waals surface area contributed by atoms with Gasteiger partial charge in [0.1, 0.15) is 24.0 Å². The number of amides is 1. The molecule has 0 spiro atoms. The number of nitrogens with two attached hydrogens (primary N) is 1. The number of rotatable bonds is 10. The molecule has 0 bridgehead atoms. The number of halogens is 1. The lowest BCUT2D eigenvalue weighted by molar-refractivity contribution is 0.0999. The molecule has 1 aliphatic carbocycles. The van der Waals surface area contributed by atoms with E-state index < -0.39 is 5.91 Å². The van der Waals surface area contributed by atoms with Crippen molar-refractivity contribution in [2.24, 2.45) is 11.7 Å². The van der Waals surface area contributed by atoms with Gasteiger partial charge in [-0.2, -0.15) is 0 Å². The predicted molar refractivity (Wildman–Crippen MR) is 178 cm³/mol. The molecule has 3 N–H and O–H groups in total. The second-order valence-corrected chi connectivity index (χ2v) is 13.0. The number of anilines is 1. The summed E-state index contributed by atoms with van der Waals surface area (Å²) in [4.78, 5) is 28.3. The molecule has 5 heterocycles. The van der Waals surface area contributed by atoms with E-state index in [1.807, 2.05) is 24.4 Å². The molecule has 1 amide bonds. The average Bonchev–Trinajstić information content (AvgIpc) is 3.79. The summed E-state index contributed by atoms with van der Waals surface area (Å²) < 4.78 is 26.6. The van der Waals surface area contributed by atoms with E-state index in [-0.39, 0.29) is 30.3 Å². The number of fused-ring (bicyclic) bond motifs is 2. The minimum Gasteiger partial charge on any atom is -0.487 e. The van der Waals surface area contributed by atoms with Crippen molar-refractivity contribution in [3.05, 3.63) is 101 Å². The molecule has 1 atom stereocenters. The van der Waals surface area contributed by atoms with E-state index in [1.54, 1.807) is 25.3 Å². The minimum atomic E-state index is -0.615. The van der Waals surface area contributed by atoms with Gasteiger partial charge in [-0.25, -0.2) is 9.37 Å². The second-order valence-electron chi connectivity index (χ2n) is 11.9. The Balaban J connectivity index is 1.41. The molecule has 7 rings (SSSR count). The van der Waals surface area contributed by atoms with Crippen LogP contribution in [0.25, 0.3) is 32.0 Å². The van der Waals surface area contributed by atoms with E-state index in [4.69, 9.17) is 24.9 Å². The number of ether oxygens (including phenoxy) is 1. The van der Waals surface area contributed by atoms with Crippen molar-refractivity contribution in [3.63, 3.8) is 0 Å². The third kappa shape index (κ3) is 6.03. The van der Waals surface area contributed by atoms with Gasteiger partial charge in [-0.05, 0) is 78.6 Å². The Hall–Kier alpha value is -5.23. The first-order chi connectivity index (χ1) is 22.7. The zero-order chi connectivity index (χ0) is 32.7. The molecule has 0 saturated heterocycles. The normalized spacial score (nSPS) is 14.1. The van der Waals surface area contributed by atoms with Crippen LogP contribution in [-0.2, 0) is 19.4 Å². The Bertz CT molecular complexity index is 2110. The molecule has 0 saturated carbocycles. The average molecular weight is 650 g/mol. The van der Waals surface area contributed by atoms with Crippen LogP contribution in [0.2, 0.25) is 0 Å². The van der Waals surface area contributed by atoms with Crippen LogP contribution < -0.4 is 15.8 Å². The topological polar surface area (TPSA) is 142 Å². The van der Waals surface area contributed by atoms with Gasteiger partial charge < -0.3 is 20.2 Å². The third-order valence-corrected chi connectivity index (χ3v) is 9.26. The molecule has 12 heteroatoms. The molecule has 238 valence electrons. The van der Waals surface area contributed by atoms with Crippen molar-refractivity contribution in [2.45, 2.75) is 52.7 Å². The summed E-state index contributed by atoms with van der Waals surface area (Å²) in [5.74, 6) is 0.919. The number of aryl methyl sites for hydroxylation is 2. The fourth-order valence-corrected chi connectivity index (χ4v) is 7.23. The molecule has 0 unspecified atom stereocenters. The highest BCUT2D eigenvalue weighted by Gasteiger charge is 2.30. The highest BCUT2D eigenvalue weighted by Crippen LogP contribution is 2.45. The molecular weight excluding hydrogens is 617 g/mol. The highest BCUT2D eigenvalue weighted by molar-refractivity contribution is 7.23. The van der Waals surface area contributed by atoms with Crippen molar-refractivity contribution in [1.29, 1.82) is 0 Å². The Morgan fingerprint density at radius 2 is 1.94 bits per heavy atom. The lowest BCUT2D eigenvalue weighted by Gasteiger charge is -2.19. The Morgan fingerprint density at radius 3 is 2.68 bits per heavy atom. The summed E-state index contributed by atoms with van der Waals surface area (Å²) in [6.45, 7) is 5.79. The summed E-state index contributed by atoms with van der Waals surface area (Å²) in [5, 5.41) is 13.0. The molecule has 10 nitrogen and oxygen atoms in total. The highest BCUT2D eigenvalue weighted by atomic mass is 32.1. The van der Waals surface area contributed by atoms with Gasteiger partial charge in [0, 0.05) is 35.5 Å². The quantitative estimate of drug-likeness (QED) is 0.157. The Morgan fingerprint density at radius 1 is 1.11 bits per heavy atom. The Kier molecular flexibility index (Phi) is 8.10. The molecule has 1 aliphatic rings. The number of primary amides is 1. The van der Waals surface area contributed by atoms with Crippen LogP contribution in [0, 0.1) is 18.7 Å². The zero-order valence-electron chi connectivity index (χ0n) is 26.1. The maximum atomic E-state index is 13.6. The van der Waals surface area contributed by atoms with Crippen molar-refractivity contribution in [3.8, 4) is 27.6 Å². The predicted octanol–water partition coefficient (Wildman–Crippen LogP) is 7.23. The number of nitrogens with one attached hydrogen (secondary N) is 1. The van der Waals surface area contributed by atoms with E-state index in [1.165, 1.54) is 29.0 Å². The molecule has 0 radical (unpaired) electrons. The number of aromatic nitrogens is 5. The number of benzene rings is 1. The van der Waals surface area contributed by atoms with E-state index >= 15 is 0 Å². The van der Waals surface area contributed by atoms with Gasteiger partial charge in [-0.1, -0.05) is 19.9 Å². The van der Waals surface area contributed by atoms with Crippen LogP contribution >= 0.6 is 11.3 Å². The second kappa shape index (κ2) is 12.5. The van der Waals surface area contributed by atoms with Gasteiger partial charge in [0.2, 0.25) is 11.8 Å². The molecule has 0 fully saturated rings. The summed E-state index contributed by atoms with van der Waals surface area (Å²) >= 11 is 1.49. The number of hydrogen-bond acceptors (Lipinski definition) is 10. The maximum absolute atomic E-state index is 13.6. The number of pyridine rings is 3. The molecule has 0 aliphatic heterocycles. The molecule has 47 heavy (non-hydrogen) atoms. The van der Waals surface area contributed by atoms with Gasteiger partial charge in [-0.3, -0.25) is 14.8 Å². The fraction of sp³-hybridized carbons (Fsp3) is 0.257. The Labute approximate surface area is 274 Å². The monoisotopic (exact) mass is 649 g/mol. The van der Waals surface area contributed by atoms with Gasteiger partial charge in [0.15, 0.2) is 0 Å². The van der Waals surface area contributed by atoms with Crippen LogP contribution in [-0.4, -0.2) is 31.1 Å². The SMILES string of the molecule is Cc1nnc(-c2c(COc3ccc(F)cc3)nc(CC(C)C)c(C(N)=O)c2-c2cc3ccnc(N[C@H]4CCc5ncccc54)c3s2)o1. The molecule has 1 aromatic carbocycles. The van der Waals surface area contributed by atoms with Crippen molar-refractivity contribution >= 4 is 33.1 Å². The zero-order valence-corrected chi connectivity index (χ0v) is 26.9. The van der Waals surface area contributed by atoms with E-state index in [9.17, 15) is 9.18 Å². The summed E-state index contributed by atoms with van der Waals surface area (Å²) in [6.07, 6.45) is 5.90. The lowest BCUT2D eigenvalue weighted by Crippen LogP contribution is -2.20. The van der Waals surface area contributed by atoms with E-state index in [2.05, 4.69) is 40.4 Å². The molecule has 5 aromatic heterocycles. The number of carbonyl (C=O) groups is 1. The van der Waals surface area contributed by atoms with Gasteiger partial charge >= 0.3 is 0 Å². The number of nitrogens with zero attached hydrogens (tertiary/aromatic N) is 5. The van der Waals surface area contributed by atoms with Crippen LogP contribution in [0.1, 0.15) is 65.2 Å². The lowest BCUT2D eigenvalue weighted by atomic mass is 9.92. The van der Waals surface area contributed by atoms with Crippen LogP contribution in [0.3, 0.4) is 0 Å². The minimum absolute atomic E-state index is 0.00604. The summed E-state index contributed by atoms with van der Waals surface area (Å²) in [5.41, 5.74) is 10.7. The third-order valence-electron chi connectivity index (χ3n) is 8.09. The first-order valence-corrected chi connectivity index (χ1v) is 16.2. The molecule has 6 aromatic rings. The number of thiophene rings is 1. The smallest absolute Gasteiger partial charge is 0.251 e. The van der Waals surface area contributed by atoms with Crippen molar-refractivity contribution in [2.75, 3.05) is 5.32 Å². The molecular formula is C35H32FN7O3S. The van der Waals surface area contributed by atoms with E-state index in [0.29, 0.717) is 46.1 Å². The largest absolute Gasteiger partial charge is 0.487 e. The first kappa shape index (κ1) is 30.4. The standard InChI is InChI=1S/C35H32FN7O3S/c1-18(2)15-26-29(33(37)44)31(30(35-43-42-19(3)46-35)27(40-26)17-45-22-8-6-21(36)7-9-22)28-16-20-12-14-39-34(32(20)47-28)41-25-11-10-24-23(25)5-4-13-38-24/h4-9,12-14,16,18,25H,10-11,15,17H2,1-3H3,(H2,37,44)(H,39,41)/t25-/m0/s1. The summed E-state index contributed by atoms with van der Waals surface area (Å²) in [7, 11) is 0. The van der Waals surface area contributed by atoms with Crippen molar-refractivity contribution in [1.82, 2.24) is 25.1 Å². The van der Waals surface area contributed by atoms with Gasteiger partial charge in [0.05, 0.1) is 33.3 Å². The van der Waals surface area contributed by atoms with Crippen LogP contribution in [0.15, 0.2) is 65.3 Å². The first-order valence-electron chi connectivity index (χ1n) is 15.4. The summed E-state index contributed by atoms with van der Waals surface area (Å²) in [6, 6.07) is 13.9. The van der Waals surface area contributed by atoms with E-state index in [0.717, 1.165) is 39.3 Å². The number of carbonyl (C=O) groups excluding carboxylic acids is 1. The van der Waals surface area contributed by atoms with Gasteiger partial charge in [0.25, 0.3) is 5.91 Å². The maximum Gasteiger partial charge on any atom is 0.251 e.